The maximum atomic E-state index is 6.01. The van der Waals surface area contributed by atoms with Gasteiger partial charge in [-0.25, -0.2) is 0 Å². The minimum atomic E-state index is 0. The molecule has 0 aromatic heterocycles. The molecule has 1 aliphatic heterocycles. The highest BCUT2D eigenvalue weighted by Gasteiger charge is 2.14. The van der Waals surface area contributed by atoms with Crippen LogP contribution in [-0.2, 0) is 0 Å². The molecule has 1 heterocycles. The van der Waals surface area contributed by atoms with E-state index in [9.17, 15) is 0 Å². The first-order valence-electron chi connectivity index (χ1n) is 7.30. The fraction of sp³-hybridized carbons (Fsp3) is 0.625. The van der Waals surface area contributed by atoms with Gasteiger partial charge in [-0.05, 0) is 68.0 Å². The van der Waals surface area contributed by atoms with Crippen LogP contribution in [0.25, 0.3) is 0 Å². The summed E-state index contributed by atoms with van der Waals surface area (Å²) in [6.45, 7) is 7.58. The molecule has 0 amide bonds. The molecule has 1 fully saturated rings. The maximum Gasteiger partial charge on any atom is 0.122 e. The van der Waals surface area contributed by atoms with Gasteiger partial charge in [0, 0.05) is 4.47 Å². The summed E-state index contributed by atoms with van der Waals surface area (Å²) in [6, 6.07) is 6.31. The zero-order chi connectivity index (χ0) is 13.7. The highest BCUT2D eigenvalue weighted by molar-refractivity contribution is 9.10. The van der Waals surface area contributed by atoms with Crippen molar-refractivity contribution in [3.63, 3.8) is 0 Å². The molecule has 2 nitrogen and oxygen atoms in total. The molecule has 0 spiro atoms. The predicted octanol–water partition coefficient (Wildman–Crippen LogP) is 4.76. The topological polar surface area (TPSA) is 21.3 Å². The van der Waals surface area contributed by atoms with E-state index in [1.54, 1.807) is 0 Å². The Balaban J connectivity index is 0.00000200. The summed E-state index contributed by atoms with van der Waals surface area (Å²) in [5.74, 6) is 2.32. The van der Waals surface area contributed by atoms with E-state index in [0.29, 0.717) is 5.92 Å². The molecule has 1 atom stereocenters. The fourth-order valence-electron chi connectivity index (χ4n) is 2.61. The van der Waals surface area contributed by atoms with Gasteiger partial charge in [0.25, 0.3) is 0 Å². The Hall–Kier alpha value is -0.250. The van der Waals surface area contributed by atoms with Crippen molar-refractivity contribution in [3.05, 3.63) is 28.2 Å². The predicted molar refractivity (Wildman–Crippen MR) is 91.2 cm³/mol. The quantitative estimate of drug-likeness (QED) is 0.815. The van der Waals surface area contributed by atoms with Gasteiger partial charge < -0.3 is 10.1 Å². The summed E-state index contributed by atoms with van der Waals surface area (Å²) in [4.78, 5) is 0. The van der Waals surface area contributed by atoms with Crippen LogP contribution in [0.3, 0.4) is 0 Å². The lowest BCUT2D eigenvalue weighted by molar-refractivity contribution is 0.252. The van der Waals surface area contributed by atoms with E-state index in [4.69, 9.17) is 4.74 Å². The molecule has 1 aliphatic rings. The smallest absolute Gasteiger partial charge is 0.122 e. The summed E-state index contributed by atoms with van der Waals surface area (Å²) in [7, 11) is 0. The Morgan fingerprint density at radius 2 is 2.20 bits per heavy atom. The third-order valence-electron chi connectivity index (χ3n) is 3.78. The van der Waals surface area contributed by atoms with Gasteiger partial charge in [-0.1, -0.05) is 29.8 Å². The first-order valence-corrected chi connectivity index (χ1v) is 8.09. The maximum absolute atomic E-state index is 6.01. The van der Waals surface area contributed by atoms with Crippen molar-refractivity contribution in [1.29, 1.82) is 0 Å². The minimum absolute atomic E-state index is 0. The molecule has 0 aliphatic carbocycles. The lowest BCUT2D eigenvalue weighted by atomic mass is 9.97. The second kappa shape index (κ2) is 8.91. The van der Waals surface area contributed by atoms with Crippen LogP contribution in [0.4, 0.5) is 0 Å². The number of benzene rings is 1. The fourth-order valence-corrected chi connectivity index (χ4v) is 2.99. The second-order valence-electron chi connectivity index (χ2n) is 5.69. The van der Waals surface area contributed by atoms with Crippen molar-refractivity contribution in [3.8, 4) is 5.75 Å². The zero-order valence-electron chi connectivity index (χ0n) is 12.3. The lowest BCUT2D eigenvalue weighted by Gasteiger charge is -2.23. The second-order valence-corrected chi connectivity index (χ2v) is 6.60. The van der Waals surface area contributed by atoms with Crippen LogP contribution in [0.15, 0.2) is 22.7 Å². The van der Waals surface area contributed by atoms with Crippen LogP contribution in [0.5, 0.6) is 5.75 Å². The Bertz CT molecular complexity index is 405. The molecule has 4 heteroatoms. The van der Waals surface area contributed by atoms with Gasteiger partial charge in [0.1, 0.15) is 5.75 Å². The number of piperidine rings is 1. The SMILES string of the molecule is CC(C)c1cc(Br)ccc1OCCC1CCCNC1.Cl. The number of halogens is 2. The summed E-state index contributed by atoms with van der Waals surface area (Å²) >= 11 is 3.53. The highest BCUT2D eigenvalue weighted by Crippen LogP contribution is 2.30. The van der Waals surface area contributed by atoms with Gasteiger partial charge in [0.2, 0.25) is 0 Å². The molecule has 1 aromatic carbocycles. The monoisotopic (exact) mass is 361 g/mol. The van der Waals surface area contributed by atoms with E-state index in [1.807, 2.05) is 0 Å². The van der Waals surface area contributed by atoms with E-state index in [2.05, 4.69) is 53.3 Å². The van der Waals surface area contributed by atoms with Crippen LogP contribution in [0, 0.1) is 5.92 Å². The standard InChI is InChI=1S/C16H24BrNO.ClH/c1-12(2)15-10-14(17)5-6-16(15)19-9-7-13-4-3-8-18-11-13;/h5-6,10,12-13,18H,3-4,7-9,11H2,1-2H3;1H. The Morgan fingerprint density at radius 1 is 1.40 bits per heavy atom. The average molecular weight is 363 g/mol. The zero-order valence-corrected chi connectivity index (χ0v) is 14.7. The van der Waals surface area contributed by atoms with Crippen molar-refractivity contribution in [1.82, 2.24) is 5.32 Å². The molecule has 0 radical (unpaired) electrons. The number of nitrogens with one attached hydrogen (secondary N) is 1. The molecule has 1 aromatic rings. The molecule has 1 N–H and O–H groups in total. The van der Waals surface area contributed by atoms with Gasteiger partial charge in [-0.15, -0.1) is 12.4 Å². The molecule has 0 saturated carbocycles. The van der Waals surface area contributed by atoms with Crippen LogP contribution in [0.2, 0.25) is 0 Å². The van der Waals surface area contributed by atoms with Crippen LogP contribution in [-0.4, -0.2) is 19.7 Å². The van der Waals surface area contributed by atoms with Crippen molar-refractivity contribution in [2.75, 3.05) is 19.7 Å². The highest BCUT2D eigenvalue weighted by atomic mass is 79.9. The van der Waals surface area contributed by atoms with Crippen molar-refractivity contribution < 1.29 is 4.74 Å². The molecular formula is C16H25BrClNO. The van der Waals surface area contributed by atoms with Crippen LogP contribution >= 0.6 is 28.3 Å². The number of ether oxygens (including phenoxy) is 1. The van der Waals surface area contributed by atoms with Gasteiger partial charge >= 0.3 is 0 Å². The van der Waals surface area contributed by atoms with Crippen molar-refractivity contribution in [2.45, 2.75) is 39.0 Å². The van der Waals surface area contributed by atoms with Gasteiger partial charge in [-0.2, -0.15) is 0 Å². The summed E-state index contributed by atoms with van der Waals surface area (Å²) < 4.78 is 7.13. The molecule has 0 bridgehead atoms. The molecule has 114 valence electrons. The summed E-state index contributed by atoms with van der Waals surface area (Å²) in [5.41, 5.74) is 1.29. The average Bonchev–Trinajstić information content (AvgIpc) is 2.41. The van der Waals surface area contributed by atoms with E-state index in [-0.39, 0.29) is 12.4 Å². The first kappa shape index (κ1) is 17.8. The summed E-state index contributed by atoms with van der Waals surface area (Å²) in [6.07, 6.45) is 3.80. The molecule has 20 heavy (non-hydrogen) atoms. The van der Waals surface area contributed by atoms with E-state index in [0.717, 1.165) is 35.7 Å². The third-order valence-corrected chi connectivity index (χ3v) is 4.27. The Labute approximate surface area is 137 Å². The Kier molecular flexibility index (Phi) is 7.93. The van der Waals surface area contributed by atoms with Gasteiger partial charge in [0.05, 0.1) is 6.61 Å². The van der Waals surface area contributed by atoms with Gasteiger partial charge in [0.15, 0.2) is 0 Å². The molecule has 1 unspecified atom stereocenters. The van der Waals surface area contributed by atoms with Gasteiger partial charge in [-0.3, -0.25) is 0 Å². The van der Waals surface area contributed by atoms with E-state index in [1.165, 1.54) is 24.9 Å². The van der Waals surface area contributed by atoms with Crippen molar-refractivity contribution >= 4 is 28.3 Å². The third kappa shape index (κ3) is 5.27. The molecule has 2 rings (SSSR count). The number of hydrogen-bond acceptors (Lipinski definition) is 2. The first-order chi connectivity index (χ1) is 9.16. The van der Waals surface area contributed by atoms with Crippen LogP contribution < -0.4 is 10.1 Å². The van der Waals surface area contributed by atoms with Crippen LogP contribution in [0.1, 0.15) is 44.6 Å². The van der Waals surface area contributed by atoms with E-state index < -0.39 is 0 Å². The van der Waals surface area contributed by atoms with E-state index >= 15 is 0 Å². The van der Waals surface area contributed by atoms with Crippen molar-refractivity contribution in [2.24, 2.45) is 5.92 Å². The summed E-state index contributed by atoms with van der Waals surface area (Å²) in [5, 5.41) is 3.46. The largest absolute Gasteiger partial charge is 0.493 e. The Morgan fingerprint density at radius 3 is 2.85 bits per heavy atom. The molecular weight excluding hydrogens is 338 g/mol. The number of rotatable bonds is 5. The lowest BCUT2D eigenvalue weighted by Crippen LogP contribution is -2.30. The minimum Gasteiger partial charge on any atom is -0.493 e. The number of hydrogen-bond donors (Lipinski definition) is 1. The normalized spacial score (nSPS) is 18.7. The molecule has 1 saturated heterocycles.